The number of aliphatic hydroxyl groups excluding tert-OH is 1. The Morgan fingerprint density at radius 1 is 1.71 bits per heavy atom. The number of aliphatic hydroxyl groups is 1. The molecule has 5 heteroatoms. The van der Waals surface area contributed by atoms with Crippen LogP contribution in [-0.4, -0.2) is 46.0 Å². The Labute approximate surface area is 87.7 Å². The summed E-state index contributed by atoms with van der Waals surface area (Å²) in [4.78, 5) is 23.0. The molecule has 1 fully saturated rings. The first-order valence-electron chi connectivity index (χ1n) is 4.73. The maximum atomic E-state index is 11.4. The van der Waals surface area contributed by atoms with Crippen LogP contribution in [0.4, 0.5) is 0 Å². The molecule has 0 aliphatic carbocycles. The molecule has 1 heterocycles. The molecule has 1 amide bonds. The van der Waals surface area contributed by atoms with Gasteiger partial charge in [0.15, 0.2) is 0 Å². The molecule has 0 aromatic carbocycles. The predicted octanol–water partition coefficient (Wildman–Crippen LogP) is 0.248. The van der Waals surface area contributed by atoms with Gasteiger partial charge in [-0.2, -0.15) is 11.8 Å². The lowest BCUT2D eigenvalue weighted by molar-refractivity contribution is -0.133. The van der Waals surface area contributed by atoms with Crippen LogP contribution >= 0.6 is 11.8 Å². The molecule has 14 heavy (non-hydrogen) atoms. The van der Waals surface area contributed by atoms with Gasteiger partial charge in [-0.25, -0.2) is 0 Å². The summed E-state index contributed by atoms with van der Waals surface area (Å²) in [5.41, 5.74) is 0. The highest BCUT2D eigenvalue weighted by molar-refractivity contribution is 7.99. The van der Waals surface area contributed by atoms with Crippen molar-refractivity contribution in [1.82, 2.24) is 4.90 Å². The van der Waals surface area contributed by atoms with Gasteiger partial charge in [0.2, 0.25) is 5.91 Å². The third kappa shape index (κ3) is 2.48. The number of aldehydes is 1. The molecule has 80 valence electrons. The van der Waals surface area contributed by atoms with Crippen molar-refractivity contribution in [2.75, 3.05) is 12.3 Å². The molecule has 0 radical (unpaired) electrons. The highest BCUT2D eigenvalue weighted by Crippen LogP contribution is 2.28. The predicted molar refractivity (Wildman–Crippen MR) is 54.9 cm³/mol. The topological polar surface area (TPSA) is 57.6 Å². The SMILES string of the molecule is CCSC1CC(=O)N(CCC=O)C1O. The van der Waals surface area contributed by atoms with Crippen LogP contribution in [0.5, 0.6) is 0 Å². The Hall–Kier alpha value is -0.550. The maximum absolute atomic E-state index is 11.4. The molecule has 4 nitrogen and oxygen atoms in total. The van der Waals surface area contributed by atoms with E-state index in [1.54, 1.807) is 11.8 Å². The summed E-state index contributed by atoms with van der Waals surface area (Å²) in [5.74, 6) is 0.835. The normalized spacial score (nSPS) is 27.0. The molecule has 1 N–H and O–H groups in total. The second-order valence-corrected chi connectivity index (χ2v) is 4.67. The number of hydrogen-bond donors (Lipinski definition) is 1. The van der Waals surface area contributed by atoms with Crippen molar-refractivity contribution in [3.05, 3.63) is 0 Å². The van der Waals surface area contributed by atoms with Crippen molar-refractivity contribution in [2.45, 2.75) is 31.2 Å². The second kappa shape index (κ2) is 5.36. The van der Waals surface area contributed by atoms with Gasteiger partial charge in [0.1, 0.15) is 12.5 Å². The van der Waals surface area contributed by atoms with Crippen molar-refractivity contribution in [1.29, 1.82) is 0 Å². The highest BCUT2D eigenvalue weighted by atomic mass is 32.2. The standard InChI is InChI=1S/C9H15NO3S/c1-2-14-7-6-8(12)10(9(7)13)4-3-5-11/h5,7,9,13H,2-4,6H2,1H3. The molecule has 0 bridgehead atoms. The third-order valence-corrected chi connectivity index (χ3v) is 3.39. The Morgan fingerprint density at radius 3 is 3.00 bits per heavy atom. The van der Waals surface area contributed by atoms with Gasteiger partial charge in [0, 0.05) is 19.4 Å². The fraction of sp³-hybridized carbons (Fsp3) is 0.778. The van der Waals surface area contributed by atoms with E-state index >= 15 is 0 Å². The van der Waals surface area contributed by atoms with Crippen molar-refractivity contribution >= 4 is 24.0 Å². The molecule has 1 aliphatic rings. The van der Waals surface area contributed by atoms with Crippen LogP contribution in [0, 0.1) is 0 Å². The lowest BCUT2D eigenvalue weighted by Gasteiger charge is -2.21. The quantitative estimate of drug-likeness (QED) is 0.671. The van der Waals surface area contributed by atoms with Gasteiger partial charge in [-0.15, -0.1) is 0 Å². The fourth-order valence-corrected chi connectivity index (χ4v) is 2.56. The number of hydrogen-bond acceptors (Lipinski definition) is 4. The van der Waals surface area contributed by atoms with E-state index in [0.717, 1.165) is 12.0 Å². The van der Waals surface area contributed by atoms with E-state index in [1.165, 1.54) is 4.90 Å². The minimum Gasteiger partial charge on any atom is -0.372 e. The molecule has 0 saturated carbocycles. The first-order valence-corrected chi connectivity index (χ1v) is 5.78. The van der Waals surface area contributed by atoms with Crippen molar-refractivity contribution in [3.8, 4) is 0 Å². The van der Waals surface area contributed by atoms with Crippen LogP contribution in [0.15, 0.2) is 0 Å². The summed E-state index contributed by atoms with van der Waals surface area (Å²) in [6.45, 7) is 2.33. The molecule has 0 aromatic rings. The molecule has 2 atom stereocenters. The van der Waals surface area contributed by atoms with Crippen LogP contribution in [0.2, 0.25) is 0 Å². The zero-order valence-corrected chi connectivity index (χ0v) is 9.00. The van der Waals surface area contributed by atoms with Gasteiger partial charge in [-0.1, -0.05) is 6.92 Å². The number of amides is 1. The van der Waals surface area contributed by atoms with E-state index in [-0.39, 0.29) is 11.2 Å². The van der Waals surface area contributed by atoms with E-state index in [4.69, 9.17) is 0 Å². The Morgan fingerprint density at radius 2 is 2.43 bits per heavy atom. The molecule has 1 rings (SSSR count). The molecule has 0 aromatic heterocycles. The summed E-state index contributed by atoms with van der Waals surface area (Å²) in [6.07, 6.45) is 0.734. The van der Waals surface area contributed by atoms with Crippen LogP contribution in [-0.2, 0) is 9.59 Å². The summed E-state index contributed by atoms with van der Waals surface area (Å²) < 4.78 is 0. The number of rotatable bonds is 5. The smallest absolute Gasteiger partial charge is 0.225 e. The molecular formula is C9H15NO3S. The van der Waals surface area contributed by atoms with Crippen molar-refractivity contribution in [2.24, 2.45) is 0 Å². The molecule has 0 spiro atoms. The summed E-state index contributed by atoms with van der Waals surface area (Å²) >= 11 is 1.59. The number of carbonyl (C=O) groups excluding carboxylic acids is 2. The highest BCUT2D eigenvalue weighted by Gasteiger charge is 2.37. The van der Waals surface area contributed by atoms with E-state index < -0.39 is 6.23 Å². The maximum Gasteiger partial charge on any atom is 0.225 e. The molecule has 2 unspecified atom stereocenters. The third-order valence-electron chi connectivity index (χ3n) is 2.22. The second-order valence-electron chi connectivity index (χ2n) is 3.15. The van der Waals surface area contributed by atoms with Gasteiger partial charge in [0.25, 0.3) is 0 Å². The average molecular weight is 217 g/mol. The molecule has 1 saturated heterocycles. The summed E-state index contributed by atoms with van der Waals surface area (Å²) in [5, 5.41) is 9.72. The minimum atomic E-state index is -0.715. The van der Waals surface area contributed by atoms with Crippen molar-refractivity contribution in [3.63, 3.8) is 0 Å². The Bertz CT molecular complexity index is 222. The van der Waals surface area contributed by atoms with Gasteiger partial charge < -0.3 is 14.8 Å². The Kier molecular flexibility index (Phi) is 4.41. The van der Waals surface area contributed by atoms with Crippen LogP contribution < -0.4 is 0 Å². The van der Waals surface area contributed by atoms with Crippen LogP contribution in [0.1, 0.15) is 19.8 Å². The molecule has 1 aliphatic heterocycles. The first-order chi connectivity index (χ1) is 6.70. The number of carbonyl (C=O) groups is 2. The van der Waals surface area contributed by atoms with Gasteiger partial charge in [-0.3, -0.25) is 4.79 Å². The monoisotopic (exact) mass is 217 g/mol. The van der Waals surface area contributed by atoms with Crippen LogP contribution in [0.25, 0.3) is 0 Å². The largest absolute Gasteiger partial charge is 0.372 e. The lowest BCUT2D eigenvalue weighted by Crippen LogP contribution is -2.36. The van der Waals surface area contributed by atoms with E-state index in [9.17, 15) is 14.7 Å². The molecular weight excluding hydrogens is 202 g/mol. The zero-order valence-electron chi connectivity index (χ0n) is 8.18. The van der Waals surface area contributed by atoms with E-state index in [1.807, 2.05) is 6.92 Å². The fourth-order valence-electron chi connectivity index (χ4n) is 1.55. The van der Waals surface area contributed by atoms with E-state index in [0.29, 0.717) is 19.4 Å². The lowest BCUT2D eigenvalue weighted by atomic mass is 10.3. The van der Waals surface area contributed by atoms with Gasteiger partial charge in [-0.05, 0) is 5.75 Å². The number of nitrogens with zero attached hydrogens (tertiary/aromatic N) is 1. The average Bonchev–Trinajstić information content (AvgIpc) is 2.41. The Balaban J connectivity index is 2.51. The number of thioether (sulfide) groups is 1. The van der Waals surface area contributed by atoms with Gasteiger partial charge in [0.05, 0.1) is 5.25 Å². The van der Waals surface area contributed by atoms with Crippen LogP contribution in [0.3, 0.4) is 0 Å². The number of likely N-dealkylation sites (tertiary alicyclic amines) is 1. The zero-order chi connectivity index (χ0) is 10.6. The summed E-state index contributed by atoms with van der Waals surface area (Å²) in [7, 11) is 0. The van der Waals surface area contributed by atoms with Crippen molar-refractivity contribution < 1.29 is 14.7 Å². The minimum absolute atomic E-state index is 0.0286. The summed E-state index contributed by atoms with van der Waals surface area (Å²) in [6, 6.07) is 0. The first kappa shape index (κ1) is 11.5. The van der Waals surface area contributed by atoms with Gasteiger partial charge >= 0.3 is 0 Å². The van der Waals surface area contributed by atoms with E-state index in [2.05, 4.69) is 0 Å².